The molecule has 0 bridgehead atoms. The maximum atomic E-state index is 3.81. The van der Waals surface area contributed by atoms with Gasteiger partial charge in [-0.05, 0) is 12.8 Å². The van der Waals surface area contributed by atoms with Crippen molar-refractivity contribution in [1.29, 1.82) is 0 Å². The van der Waals surface area contributed by atoms with E-state index < -0.39 is 0 Å². The standard InChI is InChI=1S/C9H16NS/c1-2-3-4-5-6-9-10-7-8-11-9/h6,10H,1-5,7-8H2. The van der Waals surface area contributed by atoms with Gasteiger partial charge < -0.3 is 5.32 Å². The highest BCUT2D eigenvalue weighted by Crippen LogP contribution is 2.18. The van der Waals surface area contributed by atoms with Crippen LogP contribution in [0.1, 0.15) is 25.7 Å². The van der Waals surface area contributed by atoms with E-state index in [9.17, 15) is 0 Å². The van der Waals surface area contributed by atoms with E-state index in [0.29, 0.717) is 0 Å². The number of nitrogens with one attached hydrogen (secondary N) is 1. The number of hydrogen-bond acceptors (Lipinski definition) is 2. The molecule has 1 aliphatic rings. The van der Waals surface area contributed by atoms with E-state index in [1.807, 2.05) is 11.8 Å². The van der Waals surface area contributed by atoms with E-state index in [4.69, 9.17) is 0 Å². The highest BCUT2D eigenvalue weighted by atomic mass is 32.2. The lowest BCUT2D eigenvalue weighted by Gasteiger charge is -1.96. The van der Waals surface area contributed by atoms with Crippen LogP contribution in [-0.4, -0.2) is 12.3 Å². The van der Waals surface area contributed by atoms with Gasteiger partial charge in [0, 0.05) is 12.3 Å². The largest absolute Gasteiger partial charge is 0.379 e. The number of thioether (sulfide) groups is 1. The van der Waals surface area contributed by atoms with E-state index in [1.165, 1.54) is 30.0 Å². The Kier molecular flexibility index (Phi) is 4.51. The summed E-state index contributed by atoms with van der Waals surface area (Å²) >= 11 is 1.93. The van der Waals surface area contributed by atoms with Crippen LogP contribution >= 0.6 is 11.8 Å². The second-order valence-corrected chi connectivity index (χ2v) is 3.83. The molecule has 1 rings (SSSR count). The average Bonchev–Trinajstić information content (AvgIpc) is 2.50. The topological polar surface area (TPSA) is 12.0 Å². The van der Waals surface area contributed by atoms with Gasteiger partial charge in [0.25, 0.3) is 0 Å². The first-order chi connectivity index (χ1) is 5.43. The lowest BCUT2D eigenvalue weighted by molar-refractivity contribution is 0.756. The fraction of sp³-hybridized carbons (Fsp3) is 0.667. The first-order valence-corrected chi connectivity index (χ1v) is 5.28. The number of unbranched alkanes of at least 4 members (excludes halogenated alkanes) is 3. The van der Waals surface area contributed by atoms with E-state index >= 15 is 0 Å². The van der Waals surface area contributed by atoms with Crippen LogP contribution in [0.4, 0.5) is 0 Å². The molecule has 0 aliphatic carbocycles. The van der Waals surface area contributed by atoms with Crippen molar-refractivity contribution in [2.24, 2.45) is 0 Å². The summed E-state index contributed by atoms with van der Waals surface area (Å²) in [5.74, 6) is 1.24. The summed E-state index contributed by atoms with van der Waals surface area (Å²) in [6.07, 6.45) is 7.14. The molecule has 1 aliphatic heterocycles. The first-order valence-electron chi connectivity index (χ1n) is 4.29. The highest BCUT2D eigenvalue weighted by molar-refractivity contribution is 8.03. The van der Waals surface area contributed by atoms with Crippen molar-refractivity contribution >= 4 is 11.8 Å². The van der Waals surface area contributed by atoms with Crippen LogP contribution in [-0.2, 0) is 0 Å². The monoisotopic (exact) mass is 170 g/mol. The van der Waals surface area contributed by atoms with Crippen molar-refractivity contribution in [3.05, 3.63) is 18.0 Å². The number of allylic oxidation sites excluding steroid dienone is 1. The predicted molar refractivity (Wildman–Crippen MR) is 52.4 cm³/mol. The first kappa shape index (κ1) is 8.98. The molecule has 0 saturated carbocycles. The van der Waals surface area contributed by atoms with Crippen molar-refractivity contribution in [1.82, 2.24) is 5.32 Å². The Labute approximate surface area is 73.6 Å². The van der Waals surface area contributed by atoms with Gasteiger partial charge in [-0.2, -0.15) is 0 Å². The minimum atomic E-state index is 1.07. The Morgan fingerprint density at radius 2 is 2.45 bits per heavy atom. The zero-order chi connectivity index (χ0) is 7.94. The fourth-order valence-electron chi connectivity index (χ4n) is 1.07. The van der Waals surface area contributed by atoms with Gasteiger partial charge in [0.2, 0.25) is 0 Å². The molecule has 2 heteroatoms. The second kappa shape index (κ2) is 5.53. The zero-order valence-corrected chi connectivity index (χ0v) is 7.75. The third kappa shape index (κ3) is 3.71. The van der Waals surface area contributed by atoms with E-state index in [2.05, 4.69) is 18.3 Å². The molecule has 1 saturated heterocycles. The van der Waals surface area contributed by atoms with Gasteiger partial charge in [-0.15, -0.1) is 11.8 Å². The van der Waals surface area contributed by atoms with Crippen LogP contribution in [0, 0.1) is 6.92 Å². The molecule has 0 amide bonds. The highest BCUT2D eigenvalue weighted by Gasteiger charge is 2.03. The summed E-state index contributed by atoms with van der Waals surface area (Å²) in [6.45, 7) is 4.96. The molecule has 1 heterocycles. The molecule has 0 unspecified atom stereocenters. The summed E-state index contributed by atoms with van der Waals surface area (Å²) < 4.78 is 0. The second-order valence-electron chi connectivity index (χ2n) is 2.69. The van der Waals surface area contributed by atoms with Crippen LogP contribution in [0.15, 0.2) is 11.1 Å². The Morgan fingerprint density at radius 1 is 1.55 bits per heavy atom. The minimum absolute atomic E-state index is 1.07. The van der Waals surface area contributed by atoms with Crippen molar-refractivity contribution < 1.29 is 0 Å². The molecule has 63 valence electrons. The molecular weight excluding hydrogens is 154 g/mol. The summed E-state index contributed by atoms with van der Waals surface area (Å²) in [6, 6.07) is 0. The summed E-state index contributed by atoms with van der Waals surface area (Å²) in [5.41, 5.74) is 0. The van der Waals surface area contributed by atoms with Gasteiger partial charge in [-0.3, -0.25) is 0 Å². The zero-order valence-electron chi connectivity index (χ0n) is 6.94. The third-order valence-electron chi connectivity index (χ3n) is 1.69. The van der Waals surface area contributed by atoms with Crippen LogP contribution in [0.5, 0.6) is 0 Å². The Bertz CT molecular complexity index is 124. The number of hydrogen-bond donors (Lipinski definition) is 1. The van der Waals surface area contributed by atoms with Gasteiger partial charge in [0.1, 0.15) is 0 Å². The van der Waals surface area contributed by atoms with Crippen LogP contribution in [0.3, 0.4) is 0 Å². The Hall–Kier alpha value is -0.110. The van der Waals surface area contributed by atoms with Crippen molar-refractivity contribution in [3.8, 4) is 0 Å². The van der Waals surface area contributed by atoms with Gasteiger partial charge in [-0.1, -0.05) is 25.8 Å². The van der Waals surface area contributed by atoms with Crippen molar-refractivity contribution in [2.45, 2.75) is 25.7 Å². The molecule has 0 aromatic carbocycles. The van der Waals surface area contributed by atoms with E-state index in [1.54, 1.807) is 0 Å². The van der Waals surface area contributed by atoms with Gasteiger partial charge >= 0.3 is 0 Å². The molecule has 11 heavy (non-hydrogen) atoms. The van der Waals surface area contributed by atoms with Crippen molar-refractivity contribution in [2.75, 3.05) is 12.3 Å². The maximum Gasteiger partial charge on any atom is 0.0641 e. The molecule has 1 N–H and O–H groups in total. The van der Waals surface area contributed by atoms with Crippen LogP contribution < -0.4 is 5.32 Å². The average molecular weight is 170 g/mol. The molecule has 1 nitrogen and oxygen atoms in total. The molecule has 1 radical (unpaired) electrons. The Balaban J connectivity index is 2.03. The summed E-state index contributed by atoms with van der Waals surface area (Å²) in [4.78, 5) is 0. The smallest absolute Gasteiger partial charge is 0.0641 e. The Morgan fingerprint density at radius 3 is 3.09 bits per heavy atom. The van der Waals surface area contributed by atoms with E-state index in [0.717, 1.165) is 13.0 Å². The van der Waals surface area contributed by atoms with Crippen LogP contribution in [0.2, 0.25) is 0 Å². The van der Waals surface area contributed by atoms with Gasteiger partial charge in [0.15, 0.2) is 0 Å². The molecule has 0 spiro atoms. The molecule has 0 aromatic heterocycles. The van der Waals surface area contributed by atoms with Crippen LogP contribution in [0.25, 0.3) is 0 Å². The predicted octanol–water partition coefficient (Wildman–Crippen LogP) is 2.56. The fourth-order valence-corrected chi connectivity index (χ4v) is 1.94. The SMILES string of the molecule is [CH2]CCCCC=C1NCCS1. The quantitative estimate of drug-likeness (QED) is 0.651. The lowest BCUT2D eigenvalue weighted by atomic mass is 10.2. The van der Waals surface area contributed by atoms with Gasteiger partial charge in [0.05, 0.1) is 5.03 Å². The molecular formula is C9H16NS. The van der Waals surface area contributed by atoms with Gasteiger partial charge in [-0.25, -0.2) is 0 Å². The summed E-state index contributed by atoms with van der Waals surface area (Å²) in [5, 5.41) is 4.73. The number of rotatable bonds is 4. The summed E-state index contributed by atoms with van der Waals surface area (Å²) in [7, 11) is 0. The minimum Gasteiger partial charge on any atom is -0.379 e. The lowest BCUT2D eigenvalue weighted by Crippen LogP contribution is -2.03. The van der Waals surface area contributed by atoms with E-state index in [-0.39, 0.29) is 0 Å². The molecule has 1 fully saturated rings. The normalized spacial score (nSPS) is 20.6. The molecule has 0 aromatic rings. The maximum absolute atomic E-state index is 3.81. The van der Waals surface area contributed by atoms with Crippen molar-refractivity contribution in [3.63, 3.8) is 0 Å². The third-order valence-corrected chi connectivity index (χ3v) is 2.72. The molecule has 0 atom stereocenters.